The summed E-state index contributed by atoms with van der Waals surface area (Å²) in [6, 6.07) is 4.35. The maximum Gasteiger partial charge on any atom is 0.252 e. The van der Waals surface area contributed by atoms with Crippen molar-refractivity contribution in [2.45, 2.75) is 51.0 Å². The molecule has 0 aromatic heterocycles. The van der Waals surface area contributed by atoms with E-state index in [2.05, 4.69) is 5.32 Å². The van der Waals surface area contributed by atoms with Gasteiger partial charge in [-0.1, -0.05) is 37.9 Å². The number of thiocarbonyl (C=S) groups is 1. The van der Waals surface area contributed by atoms with Crippen LogP contribution in [0.5, 0.6) is 0 Å². The van der Waals surface area contributed by atoms with Crippen molar-refractivity contribution in [1.82, 2.24) is 5.32 Å². The molecule has 1 saturated carbocycles. The molecule has 0 heterocycles. The number of nitrogens with one attached hydrogen (secondary N) is 1. The van der Waals surface area contributed by atoms with Gasteiger partial charge in [0, 0.05) is 5.56 Å². The molecule has 0 unspecified atom stereocenters. The van der Waals surface area contributed by atoms with Gasteiger partial charge in [-0.2, -0.15) is 0 Å². The predicted molar refractivity (Wildman–Crippen MR) is 85.8 cm³/mol. The molecule has 114 valence electrons. The van der Waals surface area contributed by atoms with Gasteiger partial charge in [0.1, 0.15) is 5.82 Å². The Bertz CT molecular complexity index is 551. The third-order valence-electron chi connectivity index (χ3n) is 4.20. The van der Waals surface area contributed by atoms with Gasteiger partial charge < -0.3 is 11.1 Å². The monoisotopic (exact) mass is 308 g/mol. The molecule has 1 aromatic rings. The first-order valence-electron chi connectivity index (χ1n) is 7.33. The minimum atomic E-state index is -0.606. The van der Waals surface area contributed by atoms with Gasteiger partial charge in [-0.05, 0) is 43.5 Å². The van der Waals surface area contributed by atoms with E-state index in [4.69, 9.17) is 18.0 Å². The van der Waals surface area contributed by atoms with Crippen molar-refractivity contribution in [2.24, 2.45) is 5.73 Å². The second-order valence-corrected chi connectivity index (χ2v) is 6.22. The van der Waals surface area contributed by atoms with Crippen LogP contribution in [0.25, 0.3) is 0 Å². The first-order valence-corrected chi connectivity index (χ1v) is 7.74. The van der Waals surface area contributed by atoms with E-state index in [1.54, 1.807) is 13.0 Å². The minimum absolute atomic E-state index is 0.243. The molecule has 0 bridgehead atoms. The van der Waals surface area contributed by atoms with Crippen LogP contribution in [-0.2, 0) is 0 Å². The van der Waals surface area contributed by atoms with Crippen LogP contribution in [-0.4, -0.2) is 16.4 Å². The number of carbonyl (C=O) groups excluding carboxylic acids is 1. The van der Waals surface area contributed by atoms with Gasteiger partial charge in [-0.25, -0.2) is 4.39 Å². The molecule has 5 heteroatoms. The van der Waals surface area contributed by atoms with Gasteiger partial charge >= 0.3 is 0 Å². The molecule has 1 aliphatic carbocycles. The number of carbonyl (C=O) groups is 1. The zero-order valence-electron chi connectivity index (χ0n) is 12.2. The standard InChI is InChI=1S/C16H21FN2OS/c1-11-10-12(6-7-13(11)17)14(20)19-16(15(18)21)8-4-2-3-5-9-16/h6-7,10H,2-5,8-9H2,1H3,(H2,18,21)(H,19,20). The highest BCUT2D eigenvalue weighted by atomic mass is 32.1. The van der Waals surface area contributed by atoms with Crippen LogP contribution in [0.1, 0.15) is 54.4 Å². The third-order valence-corrected chi connectivity index (χ3v) is 4.59. The Balaban J connectivity index is 2.21. The number of hydrogen-bond donors (Lipinski definition) is 2. The van der Waals surface area contributed by atoms with Gasteiger partial charge in [0.05, 0.1) is 10.5 Å². The first-order chi connectivity index (χ1) is 9.94. The van der Waals surface area contributed by atoms with E-state index in [1.807, 2.05) is 0 Å². The summed E-state index contributed by atoms with van der Waals surface area (Å²) in [4.78, 5) is 12.8. The molecule has 3 N–H and O–H groups in total. The lowest BCUT2D eigenvalue weighted by Crippen LogP contribution is -2.56. The van der Waals surface area contributed by atoms with E-state index < -0.39 is 5.54 Å². The Hall–Kier alpha value is -1.49. The summed E-state index contributed by atoms with van der Waals surface area (Å²) in [6.45, 7) is 1.64. The van der Waals surface area contributed by atoms with Crippen LogP contribution >= 0.6 is 12.2 Å². The van der Waals surface area contributed by atoms with Gasteiger partial charge in [-0.15, -0.1) is 0 Å². The van der Waals surface area contributed by atoms with Crippen LogP contribution in [0.2, 0.25) is 0 Å². The summed E-state index contributed by atoms with van der Waals surface area (Å²) >= 11 is 5.21. The SMILES string of the molecule is Cc1cc(C(=O)NC2(C(N)=S)CCCCCC2)ccc1F. The van der Waals surface area contributed by atoms with E-state index in [1.165, 1.54) is 12.1 Å². The average Bonchev–Trinajstić information content (AvgIpc) is 2.68. The van der Waals surface area contributed by atoms with E-state index in [0.717, 1.165) is 38.5 Å². The lowest BCUT2D eigenvalue weighted by molar-refractivity contribution is 0.0917. The predicted octanol–water partition coefficient (Wildman–Crippen LogP) is 3.24. The largest absolute Gasteiger partial charge is 0.391 e. The summed E-state index contributed by atoms with van der Waals surface area (Å²) in [5.41, 5.74) is 6.19. The molecule has 0 atom stereocenters. The highest BCUT2D eigenvalue weighted by molar-refractivity contribution is 7.80. The first kappa shape index (κ1) is 15.9. The second-order valence-electron chi connectivity index (χ2n) is 5.78. The lowest BCUT2D eigenvalue weighted by atomic mass is 9.89. The zero-order chi connectivity index (χ0) is 15.5. The molecule has 0 aliphatic heterocycles. The summed E-state index contributed by atoms with van der Waals surface area (Å²) in [6.07, 6.45) is 5.81. The highest BCUT2D eigenvalue weighted by Gasteiger charge is 2.35. The molecule has 0 saturated heterocycles. The molecule has 21 heavy (non-hydrogen) atoms. The van der Waals surface area contributed by atoms with Gasteiger partial charge in [-0.3, -0.25) is 4.79 Å². The van der Waals surface area contributed by atoms with E-state index in [-0.39, 0.29) is 11.7 Å². The van der Waals surface area contributed by atoms with Crippen molar-refractivity contribution in [2.75, 3.05) is 0 Å². The molecule has 0 radical (unpaired) electrons. The van der Waals surface area contributed by atoms with Crippen molar-refractivity contribution >= 4 is 23.1 Å². The van der Waals surface area contributed by atoms with Crippen molar-refractivity contribution < 1.29 is 9.18 Å². The summed E-state index contributed by atoms with van der Waals surface area (Å²) in [5, 5.41) is 3.01. The Morgan fingerprint density at radius 2 is 1.90 bits per heavy atom. The minimum Gasteiger partial charge on any atom is -0.391 e. The van der Waals surface area contributed by atoms with Crippen molar-refractivity contribution in [3.63, 3.8) is 0 Å². The molecule has 2 rings (SSSR count). The van der Waals surface area contributed by atoms with Crippen molar-refractivity contribution in [3.8, 4) is 0 Å². The van der Waals surface area contributed by atoms with Crippen molar-refractivity contribution in [3.05, 3.63) is 35.1 Å². The fourth-order valence-corrected chi connectivity index (χ4v) is 3.10. The smallest absolute Gasteiger partial charge is 0.252 e. The van der Waals surface area contributed by atoms with Gasteiger partial charge in [0.25, 0.3) is 5.91 Å². The molecular formula is C16H21FN2OS. The fourth-order valence-electron chi connectivity index (χ4n) is 2.84. The second kappa shape index (κ2) is 6.52. The van der Waals surface area contributed by atoms with E-state index in [0.29, 0.717) is 16.1 Å². The maximum atomic E-state index is 13.3. The molecule has 1 fully saturated rings. The van der Waals surface area contributed by atoms with Crippen LogP contribution in [0.4, 0.5) is 4.39 Å². The zero-order valence-corrected chi connectivity index (χ0v) is 13.1. The van der Waals surface area contributed by atoms with Gasteiger partial charge in [0.2, 0.25) is 0 Å². The normalized spacial score (nSPS) is 17.8. The molecule has 1 amide bonds. The molecule has 1 aromatic carbocycles. The van der Waals surface area contributed by atoms with Crippen LogP contribution in [0, 0.1) is 12.7 Å². The number of aryl methyl sites for hydroxylation is 1. The molecule has 3 nitrogen and oxygen atoms in total. The fraction of sp³-hybridized carbons (Fsp3) is 0.500. The highest BCUT2D eigenvalue weighted by Crippen LogP contribution is 2.28. The quantitative estimate of drug-likeness (QED) is 0.666. The van der Waals surface area contributed by atoms with Crippen LogP contribution in [0.3, 0.4) is 0 Å². The molecular weight excluding hydrogens is 287 g/mol. The average molecular weight is 308 g/mol. The van der Waals surface area contributed by atoms with E-state index in [9.17, 15) is 9.18 Å². The van der Waals surface area contributed by atoms with Gasteiger partial charge in [0.15, 0.2) is 0 Å². The lowest BCUT2D eigenvalue weighted by Gasteiger charge is -2.33. The number of amides is 1. The van der Waals surface area contributed by atoms with Crippen LogP contribution < -0.4 is 11.1 Å². The summed E-state index contributed by atoms with van der Waals surface area (Å²) in [5.74, 6) is -0.558. The van der Waals surface area contributed by atoms with Crippen molar-refractivity contribution in [1.29, 1.82) is 0 Å². The summed E-state index contributed by atoms with van der Waals surface area (Å²) in [7, 11) is 0. The Kier molecular flexibility index (Phi) is 4.93. The maximum absolute atomic E-state index is 13.3. The number of halogens is 1. The Morgan fingerprint density at radius 3 is 2.43 bits per heavy atom. The Morgan fingerprint density at radius 1 is 1.29 bits per heavy atom. The number of nitrogens with two attached hydrogens (primary N) is 1. The third kappa shape index (κ3) is 3.59. The molecule has 0 spiro atoms. The molecule has 1 aliphatic rings. The summed E-state index contributed by atoms with van der Waals surface area (Å²) < 4.78 is 13.3. The number of rotatable bonds is 3. The van der Waals surface area contributed by atoms with Crippen LogP contribution in [0.15, 0.2) is 18.2 Å². The Labute approximate surface area is 130 Å². The number of hydrogen-bond acceptors (Lipinski definition) is 2. The number of benzene rings is 1. The topological polar surface area (TPSA) is 55.1 Å². The van der Waals surface area contributed by atoms with E-state index >= 15 is 0 Å².